The minimum absolute atomic E-state index is 0.0342. The van der Waals surface area contributed by atoms with E-state index in [4.69, 9.17) is 9.68 Å². The number of furan rings is 1. The van der Waals surface area contributed by atoms with Crippen LogP contribution in [0.3, 0.4) is 0 Å². The lowest BCUT2D eigenvalue weighted by Gasteiger charge is -2.20. The average molecular weight is 321 g/mol. The molecule has 0 fully saturated rings. The lowest BCUT2D eigenvalue weighted by molar-refractivity contribution is -0.132. The smallest absolute Gasteiger partial charge is 0.223 e. The number of hydrogen-bond donors (Lipinski definition) is 1. The Morgan fingerprint density at radius 3 is 2.92 bits per heavy atom. The summed E-state index contributed by atoms with van der Waals surface area (Å²) in [5.74, 6) is 0.764. The molecule has 0 radical (unpaired) electrons. The van der Waals surface area contributed by atoms with Gasteiger partial charge in [-0.1, -0.05) is 18.2 Å². The SMILES string of the molecule is N#CCCN(Cc1ccco1)C(=O)CCc1c[nH]c2ccccc12. The molecule has 0 unspecified atom stereocenters. The zero-order valence-corrected chi connectivity index (χ0v) is 13.4. The maximum atomic E-state index is 12.6. The minimum atomic E-state index is 0.0342. The Hall–Kier alpha value is -3.00. The van der Waals surface area contributed by atoms with E-state index in [-0.39, 0.29) is 5.91 Å². The Morgan fingerprint density at radius 2 is 2.12 bits per heavy atom. The highest BCUT2D eigenvalue weighted by Crippen LogP contribution is 2.19. The molecule has 5 heteroatoms. The monoisotopic (exact) mass is 321 g/mol. The molecule has 0 aliphatic carbocycles. The van der Waals surface area contributed by atoms with Crippen molar-refractivity contribution in [1.29, 1.82) is 5.26 Å². The minimum Gasteiger partial charge on any atom is -0.467 e. The molecule has 3 aromatic rings. The first-order valence-electron chi connectivity index (χ1n) is 8.00. The first kappa shape index (κ1) is 15.9. The number of aryl methyl sites for hydroxylation is 1. The van der Waals surface area contributed by atoms with Crippen molar-refractivity contribution in [1.82, 2.24) is 9.88 Å². The maximum absolute atomic E-state index is 12.6. The normalized spacial score (nSPS) is 10.6. The predicted molar refractivity (Wildman–Crippen MR) is 91.0 cm³/mol. The molecule has 122 valence electrons. The second-order valence-electron chi connectivity index (χ2n) is 5.66. The van der Waals surface area contributed by atoms with Crippen LogP contribution in [0.4, 0.5) is 0 Å². The molecule has 0 saturated heterocycles. The van der Waals surface area contributed by atoms with Gasteiger partial charge in [0.2, 0.25) is 5.91 Å². The highest BCUT2D eigenvalue weighted by atomic mass is 16.3. The summed E-state index contributed by atoms with van der Waals surface area (Å²) in [5.41, 5.74) is 2.22. The number of H-pyrrole nitrogens is 1. The van der Waals surface area contributed by atoms with Crippen LogP contribution in [0.25, 0.3) is 10.9 Å². The summed E-state index contributed by atoms with van der Waals surface area (Å²) < 4.78 is 5.32. The number of nitriles is 1. The Bertz CT molecular complexity index is 843. The number of carbonyl (C=O) groups excluding carboxylic acids is 1. The van der Waals surface area contributed by atoms with Gasteiger partial charge < -0.3 is 14.3 Å². The van der Waals surface area contributed by atoms with Crippen LogP contribution >= 0.6 is 0 Å². The Morgan fingerprint density at radius 1 is 1.25 bits per heavy atom. The molecule has 3 rings (SSSR count). The third-order valence-electron chi connectivity index (χ3n) is 4.06. The van der Waals surface area contributed by atoms with Crippen LogP contribution in [-0.4, -0.2) is 22.3 Å². The molecule has 1 N–H and O–H groups in total. The van der Waals surface area contributed by atoms with E-state index in [1.807, 2.05) is 30.5 Å². The molecule has 0 saturated carbocycles. The van der Waals surface area contributed by atoms with E-state index in [1.54, 1.807) is 17.2 Å². The Labute approximate surface area is 140 Å². The van der Waals surface area contributed by atoms with Crippen molar-refractivity contribution in [3.05, 3.63) is 60.2 Å². The molecule has 2 heterocycles. The Kier molecular flexibility index (Phi) is 4.97. The van der Waals surface area contributed by atoms with E-state index in [2.05, 4.69) is 17.1 Å². The number of aromatic nitrogens is 1. The number of para-hydroxylation sites is 1. The van der Waals surface area contributed by atoms with E-state index in [9.17, 15) is 4.79 Å². The van der Waals surface area contributed by atoms with Gasteiger partial charge in [-0.15, -0.1) is 0 Å². The van der Waals surface area contributed by atoms with Crippen LogP contribution in [0, 0.1) is 11.3 Å². The average Bonchev–Trinajstić information content (AvgIpc) is 3.26. The molecule has 5 nitrogen and oxygen atoms in total. The van der Waals surface area contributed by atoms with Crippen LogP contribution in [0.5, 0.6) is 0 Å². The molecule has 24 heavy (non-hydrogen) atoms. The van der Waals surface area contributed by atoms with Crippen molar-refractivity contribution < 1.29 is 9.21 Å². The second-order valence-corrected chi connectivity index (χ2v) is 5.66. The standard InChI is InChI=1S/C19H19N3O2/c20-10-4-11-22(14-16-5-3-12-24-16)19(23)9-8-15-13-21-18-7-2-1-6-17(15)18/h1-3,5-7,12-13,21H,4,8-9,11,14H2. The van der Waals surface area contributed by atoms with Gasteiger partial charge >= 0.3 is 0 Å². The van der Waals surface area contributed by atoms with Crippen molar-refractivity contribution in [2.45, 2.75) is 25.8 Å². The molecule has 0 atom stereocenters. The lowest BCUT2D eigenvalue weighted by atomic mass is 10.1. The van der Waals surface area contributed by atoms with Gasteiger partial charge in [0.15, 0.2) is 0 Å². The van der Waals surface area contributed by atoms with Gasteiger partial charge in [0.25, 0.3) is 0 Å². The summed E-state index contributed by atoms with van der Waals surface area (Å²) in [7, 11) is 0. The van der Waals surface area contributed by atoms with Gasteiger partial charge in [-0.25, -0.2) is 0 Å². The molecule has 0 spiro atoms. The van der Waals surface area contributed by atoms with Crippen LogP contribution in [0.15, 0.2) is 53.3 Å². The number of nitrogens with zero attached hydrogens (tertiary/aromatic N) is 2. The zero-order valence-electron chi connectivity index (χ0n) is 13.4. The second kappa shape index (κ2) is 7.51. The van der Waals surface area contributed by atoms with Gasteiger partial charge in [-0.05, 0) is 30.2 Å². The fourth-order valence-electron chi connectivity index (χ4n) is 2.81. The highest BCUT2D eigenvalue weighted by Gasteiger charge is 2.16. The summed E-state index contributed by atoms with van der Waals surface area (Å²) in [6.07, 6.45) is 4.95. The highest BCUT2D eigenvalue weighted by molar-refractivity contribution is 5.84. The number of fused-ring (bicyclic) bond motifs is 1. The van der Waals surface area contributed by atoms with E-state index in [0.29, 0.717) is 32.4 Å². The fourth-order valence-corrected chi connectivity index (χ4v) is 2.81. The number of amides is 1. The van der Waals surface area contributed by atoms with Gasteiger partial charge in [0.05, 0.1) is 25.3 Å². The van der Waals surface area contributed by atoms with Gasteiger partial charge in [0, 0.05) is 30.1 Å². The van der Waals surface area contributed by atoms with Crippen molar-refractivity contribution in [2.24, 2.45) is 0 Å². The molecular formula is C19H19N3O2. The third kappa shape index (κ3) is 3.66. The zero-order chi connectivity index (χ0) is 16.8. The quantitative estimate of drug-likeness (QED) is 0.722. The largest absolute Gasteiger partial charge is 0.467 e. The van der Waals surface area contributed by atoms with Crippen molar-refractivity contribution >= 4 is 16.8 Å². The number of hydrogen-bond acceptors (Lipinski definition) is 3. The van der Waals surface area contributed by atoms with Crippen molar-refractivity contribution in [3.8, 4) is 6.07 Å². The number of benzene rings is 1. The molecular weight excluding hydrogens is 302 g/mol. The molecule has 0 bridgehead atoms. The third-order valence-corrected chi connectivity index (χ3v) is 4.06. The summed E-state index contributed by atoms with van der Waals surface area (Å²) in [4.78, 5) is 17.5. The predicted octanol–water partition coefficient (Wildman–Crippen LogP) is 3.64. The summed E-state index contributed by atoms with van der Waals surface area (Å²) in [6.45, 7) is 0.825. The van der Waals surface area contributed by atoms with Crippen LogP contribution in [-0.2, 0) is 17.8 Å². The molecule has 1 amide bonds. The fraction of sp³-hybridized carbons (Fsp3) is 0.263. The molecule has 0 aliphatic heterocycles. The van der Waals surface area contributed by atoms with E-state index < -0.39 is 0 Å². The topological polar surface area (TPSA) is 73.0 Å². The summed E-state index contributed by atoms with van der Waals surface area (Å²) in [6, 6.07) is 13.8. The van der Waals surface area contributed by atoms with Crippen molar-refractivity contribution in [2.75, 3.05) is 6.54 Å². The number of nitrogens with one attached hydrogen (secondary N) is 1. The molecule has 1 aromatic carbocycles. The molecule has 2 aromatic heterocycles. The van der Waals surface area contributed by atoms with Gasteiger partial charge in [0.1, 0.15) is 5.76 Å². The van der Waals surface area contributed by atoms with Crippen LogP contribution < -0.4 is 0 Å². The Balaban J connectivity index is 1.65. The van der Waals surface area contributed by atoms with E-state index in [0.717, 1.165) is 22.2 Å². The maximum Gasteiger partial charge on any atom is 0.223 e. The first-order valence-corrected chi connectivity index (χ1v) is 8.00. The van der Waals surface area contributed by atoms with E-state index in [1.165, 1.54) is 0 Å². The number of aromatic amines is 1. The van der Waals surface area contributed by atoms with Crippen LogP contribution in [0.1, 0.15) is 24.2 Å². The number of carbonyl (C=O) groups is 1. The first-order chi connectivity index (χ1) is 11.8. The van der Waals surface area contributed by atoms with Crippen molar-refractivity contribution in [3.63, 3.8) is 0 Å². The van der Waals surface area contributed by atoms with E-state index >= 15 is 0 Å². The molecule has 0 aliphatic rings. The lowest BCUT2D eigenvalue weighted by Crippen LogP contribution is -2.31. The number of rotatable bonds is 7. The van der Waals surface area contributed by atoms with Gasteiger partial charge in [-0.3, -0.25) is 4.79 Å². The van der Waals surface area contributed by atoms with Crippen LogP contribution in [0.2, 0.25) is 0 Å². The summed E-state index contributed by atoms with van der Waals surface area (Å²) >= 11 is 0. The summed E-state index contributed by atoms with van der Waals surface area (Å²) in [5, 5.41) is 9.96. The van der Waals surface area contributed by atoms with Gasteiger partial charge in [-0.2, -0.15) is 5.26 Å².